The molecule has 0 saturated heterocycles. The van der Waals surface area contributed by atoms with Gasteiger partial charge in [-0.25, -0.2) is 10.8 Å². The Morgan fingerprint density at radius 2 is 2.36 bits per heavy atom. The van der Waals surface area contributed by atoms with E-state index in [2.05, 4.69) is 20.9 Å². The zero-order chi connectivity index (χ0) is 10.1. The van der Waals surface area contributed by atoms with E-state index in [0.717, 1.165) is 0 Å². The second-order valence-corrected chi connectivity index (χ2v) is 3.45. The van der Waals surface area contributed by atoms with Gasteiger partial charge in [0.05, 0.1) is 4.47 Å². The topological polar surface area (TPSA) is 81.1 Å². The maximum atomic E-state index is 11.1. The highest BCUT2D eigenvalue weighted by molar-refractivity contribution is 9.10. The van der Waals surface area contributed by atoms with Crippen LogP contribution in [0.4, 0.5) is 0 Å². The van der Waals surface area contributed by atoms with Crippen LogP contribution in [0.25, 0.3) is 11.1 Å². The van der Waals surface area contributed by atoms with Crippen LogP contribution in [-0.2, 0) is 0 Å². The van der Waals surface area contributed by atoms with Crippen molar-refractivity contribution in [3.8, 4) is 0 Å². The quantitative estimate of drug-likeness (QED) is 0.456. The first-order valence-corrected chi connectivity index (χ1v) is 4.56. The fourth-order valence-electron chi connectivity index (χ4n) is 1.08. The monoisotopic (exact) mass is 255 g/mol. The smallest absolute Gasteiger partial charge is 0.283 e. The summed E-state index contributed by atoms with van der Waals surface area (Å²) in [6.07, 6.45) is 1.52. The number of nitrogens with zero attached hydrogens (tertiary/aromatic N) is 1. The number of rotatable bonds is 1. The predicted octanol–water partition coefficient (Wildman–Crippen LogP) is 1.19. The van der Waals surface area contributed by atoms with Crippen LogP contribution in [0.1, 0.15) is 10.5 Å². The van der Waals surface area contributed by atoms with Crippen LogP contribution in [0, 0.1) is 0 Å². The highest BCUT2D eigenvalue weighted by Crippen LogP contribution is 2.23. The molecular formula is C8H6BrN3O2. The van der Waals surface area contributed by atoms with Crippen molar-refractivity contribution in [1.29, 1.82) is 0 Å². The molecule has 6 heteroatoms. The van der Waals surface area contributed by atoms with Gasteiger partial charge in [-0.2, -0.15) is 0 Å². The largest absolute Gasteiger partial charge is 0.461 e. The molecule has 0 aromatic carbocycles. The summed E-state index contributed by atoms with van der Waals surface area (Å²) in [5, 5.41) is 0. The van der Waals surface area contributed by atoms with E-state index in [1.165, 1.54) is 6.26 Å². The SMILES string of the molecule is NNC(=O)c1ccc2occ(Br)c2n1. The molecule has 0 aliphatic rings. The number of hydrogen-bond donors (Lipinski definition) is 2. The fourth-order valence-corrected chi connectivity index (χ4v) is 1.46. The Labute approximate surface area is 87.4 Å². The van der Waals surface area contributed by atoms with E-state index in [9.17, 15) is 4.79 Å². The van der Waals surface area contributed by atoms with Gasteiger partial charge in [-0.05, 0) is 28.1 Å². The molecule has 3 N–H and O–H groups in total. The molecule has 0 unspecified atom stereocenters. The fraction of sp³-hybridized carbons (Fsp3) is 0. The number of aromatic nitrogens is 1. The Hall–Kier alpha value is -1.40. The first-order chi connectivity index (χ1) is 6.72. The number of carbonyl (C=O) groups is 1. The molecule has 2 aromatic rings. The van der Waals surface area contributed by atoms with Crippen LogP contribution in [0.5, 0.6) is 0 Å². The van der Waals surface area contributed by atoms with Crippen LogP contribution >= 0.6 is 15.9 Å². The average molecular weight is 256 g/mol. The number of hydrogen-bond acceptors (Lipinski definition) is 4. The lowest BCUT2D eigenvalue weighted by Gasteiger charge is -1.97. The van der Waals surface area contributed by atoms with E-state index in [4.69, 9.17) is 10.3 Å². The minimum absolute atomic E-state index is 0.252. The number of fused-ring (bicyclic) bond motifs is 1. The lowest BCUT2D eigenvalue weighted by molar-refractivity contribution is 0.0949. The van der Waals surface area contributed by atoms with E-state index in [-0.39, 0.29) is 5.69 Å². The summed E-state index contributed by atoms with van der Waals surface area (Å²) in [6, 6.07) is 3.21. The molecule has 0 saturated carbocycles. The number of halogens is 1. The van der Waals surface area contributed by atoms with E-state index in [1.807, 2.05) is 5.43 Å². The van der Waals surface area contributed by atoms with Crippen molar-refractivity contribution in [2.24, 2.45) is 5.84 Å². The number of nitrogens with two attached hydrogens (primary N) is 1. The second-order valence-electron chi connectivity index (χ2n) is 2.60. The lowest BCUT2D eigenvalue weighted by atomic mass is 10.3. The summed E-state index contributed by atoms with van der Waals surface area (Å²) in [5.74, 6) is 4.56. The van der Waals surface area contributed by atoms with Gasteiger partial charge in [-0.15, -0.1) is 0 Å². The van der Waals surface area contributed by atoms with E-state index in [1.54, 1.807) is 12.1 Å². The van der Waals surface area contributed by atoms with Gasteiger partial charge >= 0.3 is 0 Å². The summed E-state index contributed by atoms with van der Waals surface area (Å²) < 4.78 is 5.85. The third kappa shape index (κ3) is 1.38. The van der Waals surface area contributed by atoms with Crippen molar-refractivity contribution in [1.82, 2.24) is 10.4 Å². The first-order valence-electron chi connectivity index (χ1n) is 3.77. The van der Waals surface area contributed by atoms with Crippen LogP contribution in [0.3, 0.4) is 0 Å². The molecule has 2 heterocycles. The Morgan fingerprint density at radius 3 is 3.07 bits per heavy atom. The second kappa shape index (κ2) is 3.39. The van der Waals surface area contributed by atoms with Gasteiger partial charge in [-0.3, -0.25) is 10.2 Å². The molecule has 14 heavy (non-hydrogen) atoms. The molecule has 0 spiro atoms. The van der Waals surface area contributed by atoms with Gasteiger partial charge in [0.1, 0.15) is 17.5 Å². The van der Waals surface area contributed by atoms with Crippen molar-refractivity contribution in [3.05, 3.63) is 28.6 Å². The van der Waals surface area contributed by atoms with Crippen molar-refractivity contribution >= 4 is 32.9 Å². The average Bonchev–Trinajstić information content (AvgIpc) is 2.59. The van der Waals surface area contributed by atoms with E-state index in [0.29, 0.717) is 15.6 Å². The Kier molecular flexibility index (Phi) is 2.22. The zero-order valence-corrected chi connectivity index (χ0v) is 8.54. The minimum atomic E-state index is -0.431. The first kappa shape index (κ1) is 9.17. The van der Waals surface area contributed by atoms with Gasteiger partial charge in [0.25, 0.3) is 5.91 Å². The van der Waals surface area contributed by atoms with Crippen molar-refractivity contribution in [3.63, 3.8) is 0 Å². The van der Waals surface area contributed by atoms with Gasteiger partial charge in [-0.1, -0.05) is 0 Å². The number of furan rings is 1. The summed E-state index contributed by atoms with van der Waals surface area (Å²) >= 11 is 3.25. The molecule has 5 nitrogen and oxygen atoms in total. The summed E-state index contributed by atoms with van der Waals surface area (Å²) in [4.78, 5) is 15.2. The molecule has 0 aliphatic heterocycles. The van der Waals surface area contributed by atoms with Crippen molar-refractivity contribution < 1.29 is 9.21 Å². The zero-order valence-electron chi connectivity index (χ0n) is 6.95. The van der Waals surface area contributed by atoms with E-state index >= 15 is 0 Å². The minimum Gasteiger partial charge on any atom is -0.461 e. The molecule has 72 valence electrons. The molecule has 0 fully saturated rings. The predicted molar refractivity (Wildman–Crippen MR) is 53.4 cm³/mol. The summed E-state index contributed by atoms with van der Waals surface area (Å²) in [5.41, 5.74) is 3.48. The summed E-state index contributed by atoms with van der Waals surface area (Å²) in [6.45, 7) is 0. The molecule has 2 rings (SSSR count). The molecular weight excluding hydrogens is 250 g/mol. The number of nitrogen functional groups attached to an aromatic ring is 1. The molecule has 0 radical (unpaired) electrons. The highest BCUT2D eigenvalue weighted by atomic mass is 79.9. The molecule has 2 aromatic heterocycles. The molecule has 0 aliphatic carbocycles. The Bertz CT molecular complexity index is 494. The van der Waals surface area contributed by atoms with E-state index < -0.39 is 5.91 Å². The number of carbonyl (C=O) groups excluding carboxylic acids is 1. The van der Waals surface area contributed by atoms with Gasteiger partial charge in [0, 0.05) is 0 Å². The molecule has 0 bridgehead atoms. The van der Waals surface area contributed by atoms with Crippen molar-refractivity contribution in [2.75, 3.05) is 0 Å². The maximum Gasteiger partial charge on any atom is 0.283 e. The van der Waals surface area contributed by atoms with Crippen LogP contribution in [0.2, 0.25) is 0 Å². The number of pyridine rings is 1. The van der Waals surface area contributed by atoms with Gasteiger partial charge in [0.2, 0.25) is 0 Å². The van der Waals surface area contributed by atoms with Crippen LogP contribution < -0.4 is 11.3 Å². The number of hydrazine groups is 1. The van der Waals surface area contributed by atoms with Gasteiger partial charge < -0.3 is 4.42 Å². The number of amides is 1. The van der Waals surface area contributed by atoms with Crippen LogP contribution in [0.15, 0.2) is 27.3 Å². The molecule has 0 atom stereocenters. The normalized spacial score (nSPS) is 10.4. The Morgan fingerprint density at radius 1 is 1.57 bits per heavy atom. The number of nitrogens with one attached hydrogen (secondary N) is 1. The Balaban J connectivity index is 2.60. The third-order valence-corrected chi connectivity index (χ3v) is 2.30. The third-order valence-electron chi connectivity index (χ3n) is 1.74. The highest BCUT2D eigenvalue weighted by Gasteiger charge is 2.09. The van der Waals surface area contributed by atoms with Crippen LogP contribution in [-0.4, -0.2) is 10.9 Å². The molecule has 1 amide bonds. The van der Waals surface area contributed by atoms with Crippen molar-refractivity contribution in [2.45, 2.75) is 0 Å². The lowest BCUT2D eigenvalue weighted by Crippen LogP contribution is -2.30. The maximum absolute atomic E-state index is 11.1. The summed E-state index contributed by atoms with van der Waals surface area (Å²) in [7, 11) is 0. The standard InChI is InChI=1S/C8H6BrN3O2/c9-4-3-14-6-2-1-5(8(13)12-10)11-7(4)6/h1-3H,10H2,(H,12,13). The van der Waals surface area contributed by atoms with Gasteiger partial charge in [0.15, 0.2) is 5.58 Å².